The Hall–Kier alpha value is -1.20. The molecule has 0 amide bonds. The van der Waals surface area contributed by atoms with Gasteiger partial charge < -0.3 is 9.53 Å². The van der Waals surface area contributed by atoms with E-state index in [4.69, 9.17) is 4.43 Å². The van der Waals surface area contributed by atoms with Gasteiger partial charge in [-0.1, -0.05) is 104 Å². The van der Waals surface area contributed by atoms with Crippen LogP contribution in [0, 0.1) is 0 Å². The van der Waals surface area contributed by atoms with Gasteiger partial charge in [0.1, 0.15) is 0 Å². The van der Waals surface area contributed by atoms with Crippen molar-refractivity contribution in [3.63, 3.8) is 0 Å². The fourth-order valence-corrected chi connectivity index (χ4v) is 8.42. The zero-order valence-electron chi connectivity index (χ0n) is 15.9. The molecule has 2 nitrogen and oxygen atoms in total. The number of hydrogen-bond acceptors (Lipinski definition) is 2. The van der Waals surface area contributed by atoms with Crippen LogP contribution in [-0.4, -0.2) is 26.1 Å². The van der Waals surface area contributed by atoms with Crippen molar-refractivity contribution < 1.29 is 9.53 Å². The molecule has 2 aromatic carbocycles. The first-order valence-electron chi connectivity index (χ1n) is 9.03. The van der Waals surface area contributed by atoms with Crippen molar-refractivity contribution in [2.45, 2.75) is 44.8 Å². The lowest BCUT2D eigenvalue weighted by molar-refractivity contribution is 0.138. The number of halogens is 1. The van der Waals surface area contributed by atoms with Crippen molar-refractivity contribution in [2.75, 3.05) is 6.61 Å². The Morgan fingerprint density at radius 2 is 1.50 bits per heavy atom. The van der Waals surface area contributed by atoms with Gasteiger partial charge >= 0.3 is 0 Å². The predicted octanol–water partition coefficient (Wildman–Crippen LogP) is 4.61. The molecule has 1 atom stereocenters. The molecule has 0 unspecified atom stereocenters. The molecule has 0 bridgehead atoms. The van der Waals surface area contributed by atoms with Crippen LogP contribution >= 0.6 is 15.9 Å². The molecule has 2 aromatic rings. The molecule has 0 aliphatic carbocycles. The maximum Gasteiger partial charge on any atom is 0.261 e. The molecule has 0 aromatic heterocycles. The van der Waals surface area contributed by atoms with Crippen molar-refractivity contribution >= 4 is 34.6 Å². The second kappa shape index (κ2) is 9.13. The summed E-state index contributed by atoms with van der Waals surface area (Å²) in [6.45, 7) is 11.1. The molecule has 0 radical (unpaired) electrons. The molecule has 0 aliphatic heterocycles. The molecular formula is C22H29BrO2Si. The average molecular weight is 433 g/mol. The number of hydrogen-bond donors (Lipinski definition) is 1. The van der Waals surface area contributed by atoms with Crippen LogP contribution in [0.25, 0.3) is 0 Å². The van der Waals surface area contributed by atoms with Gasteiger partial charge in [0, 0.05) is 13.0 Å². The SMILES string of the molecule is C=C(Br)C[C@H](O)CCO[Si](c1ccccc1)(c1ccccc1)C(C)(C)C. The van der Waals surface area contributed by atoms with Gasteiger partial charge in [-0.15, -0.1) is 0 Å². The summed E-state index contributed by atoms with van der Waals surface area (Å²) in [6, 6.07) is 21.1. The first kappa shape index (κ1) is 21.1. The molecule has 1 N–H and O–H groups in total. The second-order valence-electron chi connectivity index (χ2n) is 7.68. The third-order valence-corrected chi connectivity index (χ3v) is 10.0. The van der Waals surface area contributed by atoms with Crippen LogP contribution < -0.4 is 10.4 Å². The molecule has 4 heteroatoms. The Morgan fingerprint density at radius 3 is 1.88 bits per heavy atom. The number of aliphatic hydroxyl groups excluding tert-OH is 1. The van der Waals surface area contributed by atoms with Gasteiger partial charge in [0.25, 0.3) is 8.32 Å². The van der Waals surface area contributed by atoms with Gasteiger partial charge in [0.2, 0.25) is 0 Å². The summed E-state index contributed by atoms with van der Waals surface area (Å²) in [5.41, 5.74) is 0. The summed E-state index contributed by atoms with van der Waals surface area (Å²) in [6.07, 6.45) is 0.694. The van der Waals surface area contributed by atoms with Crippen LogP contribution in [0.3, 0.4) is 0 Å². The lowest BCUT2D eigenvalue weighted by atomic mass is 10.2. The third kappa shape index (κ3) is 4.95. The largest absolute Gasteiger partial charge is 0.407 e. The van der Waals surface area contributed by atoms with E-state index in [1.165, 1.54) is 10.4 Å². The van der Waals surface area contributed by atoms with Crippen molar-refractivity contribution in [2.24, 2.45) is 0 Å². The molecule has 0 fully saturated rings. The molecule has 0 aliphatic rings. The minimum atomic E-state index is -2.50. The predicted molar refractivity (Wildman–Crippen MR) is 117 cm³/mol. The van der Waals surface area contributed by atoms with E-state index in [1.807, 2.05) is 12.1 Å². The fraction of sp³-hybridized carbons (Fsp3) is 0.364. The van der Waals surface area contributed by atoms with Crippen molar-refractivity contribution in [1.82, 2.24) is 0 Å². The third-order valence-electron chi connectivity index (χ3n) is 4.64. The van der Waals surface area contributed by atoms with Crippen LogP contribution in [0.15, 0.2) is 71.7 Å². The topological polar surface area (TPSA) is 29.5 Å². The van der Waals surface area contributed by atoms with Crippen molar-refractivity contribution in [3.8, 4) is 0 Å². The Morgan fingerprint density at radius 1 is 1.04 bits per heavy atom. The van der Waals surface area contributed by atoms with E-state index in [2.05, 4.69) is 91.8 Å². The highest BCUT2D eigenvalue weighted by Crippen LogP contribution is 2.36. The van der Waals surface area contributed by atoms with Gasteiger partial charge in [-0.25, -0.2) is 0 Å². The van der Waals surface area contributed by atoms with E-state index >= 15 is 0 Å². The van der Waals surface area contributed by atoms with Crippen LogP contribution in [0.4, 0.5) is 0 Å². The van der Waals surface area contributed by atoms with Crippen molar-refractivity contribution in [1.29, 1.82) is 0 Å². The van der Waals surface area contributed by atoms with Gasteiger partial charge in [-0.2, -0.15) is 0 Å². The first-order valence-corrected chi connectivity index (χ1v) is 11.7. The fourth-order valence-electron chi connectivity index (χ4n) is 3.47. The molecule has 26 heavy (non-hydrogen) atoms. The summed E-state index contributed by atoms with van der Waals surface area (Å²) in [5, 5.41) is 12.7. The molecule has 0 saturated carbocycles. The average Bonchev–Trinajstić information content (AvgIpc) is 2.58. The minimum Gasteiger partial charge on any atom is -0.407 e. The van der Waals surface area contributed by atoms with E-state index in [-0.39, 0.29) is 5.04 Å². The maximum atomic E-state index is 10.2. The van der Waals surface area contributed by atoms with Crippen LogP contribution in [0.5, 0.6) is 0 Å². The normalized spacial score (nSPS) is 13.4. The Bertz CT molecular complexity index is 656. The minimum absolute atomic E-state index is 0.0420. The molecule has 0 saturated heterocycles. The van der Waals surface area contributed by atoms with Gasteiger partial charge in [0.15, 0.2) is 0 Å². The lowest BCUT2D eigenvalue weighted by Crippen LogP contribution is -2.66. The zero-order valence-corrected chi connectivity index (χ0v) is 18.5. The Kier molecular flexibility index (Phi) is 7.41. The highest BCUT2D eigenvalue weighted by Gasteiger charge is 2.49. The second-order valence-corrected chi connectivity index (χ2v) is 13.1. The summed E-state index contributed by atoms with van der Waals surface area (Å²) in [5.74, 6) is 0. The summed E-state index contributed by atoms with van der Waals surface area (Å²) in [7, 11) is -2.50. The van der Waals surface area contributed by atoms with E-state index in [0.29, 0.717) is 19.4 Å². The monoisotopic (exact) mass is 432 g/mol. The standard InChI is InChI=1S/C22H29BrO2Si/c1-18(23)17-19(24)15-16-25-26(22(2,3)4,20-11-7-5-8-12-20)21-13-9-6-10-14-21/h5-14,19,24H,1,15-17H2,2-4H3/t19-/m1/s1. The summed E-state index contributed by atoms with van der Waals surface area (Å²) in [4.78, 5) is 0. The van der Waals surface area contributed by atoms with Crippen LogP contribution in [0.1, 0.15) is 33.6 Å². The van der Waals surface area contributed by atoms with E-state index < -0.39 is 14.4 Å². The maximum absolute atomic E-state index is 10.2. The zero-order chi connectivity index (χ0) is 19.2. The van der Waals surface area contributed by atoms with Crippen LogP contribution in [-0.2, 0) is 4.43 Å². The number of rotatable bonds is 8. The smallest absolute Gasteiger partial charge is 0.261 e. The molecule has 0 heterocycles. The van der Waals surface area contributed by atoms with E-state index in [1.54, 1.807) is 0 Å². The van der Waals surface area contributed by atoms with E-state index in [0.717, 1.165) is 4.48 Å². The summed E-state index contributed by atoms with van der Waals surface area (Å²) < 4.78 is 7.57. The van der Waals surface area contributed by atoms with E-state index in [9.17, 15) is 5.11 Å². The first-order chi connectivity index (χ1) is 12.3. The Labute approximate surface area is 167 Å². The van der Waals surface area contributed by atoms with Crippen molar-refractivity contribution in [3.05, 3.63) is 71.7 Å². The highest BCUT2D eigenvalue weighted by atomic mass is 79.9. The number of aliphatic hydroxyl groups is 1. The molecule has 0 spiro atoms. The highest BCUT2D eigenvalue weighted by molar-refractivity contribution is 9.11. The summed E-state index contributed by atoms with van der Waals surface area (Å²) >= 11 is 3.32. The quantitative estimate of drug-likeness (QED) is 0.616. The molecular weight excluding hydrogens is 404 g/mol. The van der Waals surface area contributed by atoms with Gasteiger partial charge in [-0.3, -0.25) is 0 Å². The Balaban J connectivity index is 2.39. The van der Waals surface area contributed by atoms with Gasteiger partial charge in [0.05, 0.1) is 6.10 Å². The molecule has 2 rings (SSSR count). The molecule has 140 valence electrons. The lowest BCUT2D eigenvalue weighted by Gasteiger charge is -2.43. The number of benzene rings is 2. The van der Waals surface area contributed by atoms with Gasteiger partial charge in [-0.05, 0) is 26.3 Å². The van der Waals surface area contributed by atoms with Crippen LogP contribution in [0.2, 0.25) is 5.04 Å².